The Hall–Kier alpha value is -2.11. The van der Waals surface area contributed by atoms with Gasteiger partial charge in [0.2, 0.25) is 6.41 Å². The van der Waals surface area contributed by atoms with Gasteiger partial charge >= 0.3 is 0 Å². The van der Waals surface area contributed by atoms with Gasteiger partial charge in [0.25, 0.3) is 0 Å². The maximum Gasteiger partial charge on any atom is 0.206 e. The summed E-state index contributed by atoms with van der Waals surface area (Å²) in [6.45, 7) is 0.633. The third-order valence-corrected chi connectivity index (χ3v) is 7.93. The molecular weight excluding hydrogens is 469 g/mol. The molecular formula is C23H27Cl2N3O3S. The molecule has 0 aliphatic heterocycles. The Morgan fingerprint density at radius 1 is 1.16 bits per heavy atom. The molecule has 0 unspecified atom stereocenters. The van der Waals surface area contributed by atoms with E-state index in [-0.39, 0.29) is 26.9 Å². The van der Waals surface area contributed by atoms with E-state index in [2.05, 4.69) is 16.3 Å². The van der Waals surface area contributed by atoms with E-state index in [0.29, 0.717) is 18.5 Å². The van der Waals surface area contributed by atoms with Gasteiger partial charge in [-0.3, -0.25) is 9.69 Å². The molecule has 3 rings (SSSR count). The van der Waals surface area contributed by atoms with Crippen LogP contribution in [0.3, 0.4) is 0 Å². The Morgan fingerprint density at radius 3 is 2.34 bits per heavy atom. The number of amides is 1. The number of sulfone groups is 1. The van der Waals surface area contributed by atoms with Crippen molar-refractivity contribution >= 4 is 39.4 Å². The lowest BCUT2D eigenvalue weighted by molar-refractivity contribution is -0.109. The summed E-state index contributed by atoms with van der Waals surface area (Å²) in [5, 5.41) is 11.5. The lowest BCUT2D eigenvalue weighted by Gasteiger charge is -2.28. The van der Waals surface area contributed by atoms with Gasteiger partial charge in [-0.05, 0) is 49.1 Å². The van der Waals surface area contributed by atoms with E-state index in [1.54, 1.807) is 31.3 Å². The molecule has 1 amide bonds. The van der Waals surface area contributed by atoms with Crippen LogP contribution in [0, 0.1) is 11.3 Å². The summed E-state index contributed by atoms with van der Waals surface area (Å²) in [5.74, 6) is -0.0754. The van der Waals surface area contributed by atoms with Crippen LogP contribution in [0.15, 0.2) is 47.4 Å². The average molecular weight is 496 g/mol. The fourth-order valence-electron chi connectivity index (χ4n) is 3.65. The SMILES string of the molecule is CNC=O.N#Cc1ccc(CCN(CS(=O)(=O)c2cccc(Cl)c2Cl)C2CCCC2)cc1. The summed E-state index contributed by atoms with van der Waals surface area (Å²) < 4.78 is 26.1. The van der Waals surface area contributed by atoms with E-state index >= 15 is 0 Å². The Balaban J connectivity index is 0.000000837. The third kappa shape index (κ3) is 7.49. The van der Waals surface area contributed by atoms with Crippen LogP contribution in [0.5, 0.6) is 0 Å². The number of halogens is 2. The third-order valence-electron chi connectivity index (χ3n) is 5.32. The van der Waals surface area contributed by atoms with Crippen molar-refractivity contribution in [1.82, 2.24) is 10.2 Å². The van der Waals surface area contributed by atoms with Crippen LogP contribution in [0.4, 0.5) is 0 Å². The number of carbonyl (C=O) groups is 1. The van der Waals surface area contributed by atoms with Gasteiger partial charge in [0.05, 0.1) is 26.6 Å². The number of rotatable bonds is 8. The normalized spacial score (nSPS) is 13.8. The van der Waals surface area contributed by atoms with Crippen molar-refractivity contribution in [2.24, 2.45) is 0 Å². The highest BCUT2D eigenvalue weighted by Gasteiger charge is 2.29. The van der Waals surface area contributed by atoms with E-state index in [9.17, 15) is 8.42 Å². The van der Waals surface area contributed by atoms with Gasteiger partial charge in [-0.2, -0.15) is 5.26 Å². The minimum absolute atomic E-state index is 0.0754. The first-order chi connectivity index (χ1) is 15.3. The average Bonchev–Trinajstić information content (AvgIpc) is 3.33. The number of carbonyl (C=O) groups excluding carboxylic acids is 1. The number of hydrogen-bond acceptors (Lipinski definition) is 5. The number of hydrogen-bond donors (Lipinski definition) is 1. The highest BCUT2D eigenvalue weighted by Crippen LogP contribution is 2.31. The summed E-state index contributed by atoms with van der Waals surface area (Å²) in [6.07, 6.45) is 5.60. The molecule has 0 atom stereocenters. The van der Waals surface area contributed by atoms with Gasteiger partial charge in [-0.25, -0.2) is 8.42 Å². The molecule has 172 valence electrons. The molecule has 9 heteroatoms. The number of nitrogens with one attached hydrogen (secondary N) is 1. The van der Waals surface area contributed by atoms with Gasteiger partial charge in [0, 0.05) is 19.6 Å². The molecule has 0 saturated heterocycles. The molecule has 6 nitrogen and oxygen atoms in total. The van der Waals surface area contributed by atoms with Crippen molar-refractivity contribution in [3.63, 3.8) is 0 Å². The predicted octanol–water partition coefficient (Wildman–Crippen LogP) is 4.45. The summed E-state index contributed by atoms with van der Waals surface area (Å²) in [7, 11) is -2.04. The van der Waals surface area contributed by atoms with Crippen LogP contribution in [0.1, 0.15) is 36.8 Å². The Labute approximate surface area is 200 Å². The first kappa shape index (κ1) is 26.1. The fourth-order valence-corrected chi connectivity index (χ4v) is 5.95. The van der Waals surface area contributed by atoms with Crippen molar-refractivity contribution in [3.05, 3.63) is 63.6 Å². The van der Waals surface area contributed by atoms with E-state index in [4.69, 9.17) is 33.3 Å². The van der Waals surface area contributed by atoms with E-state index in [1.807, 2.05) is 12.1 Å². The van der Waals surface area contributed by atoms with Gasteiger partial charge in [-0.1, -0.05) is 54.2 Å². The van der Waals surface area contributed by atoms with Crippen LogP contribution >= 0.6 is 23.2 Å². The highest BCUT2D eigenvalue weighted by molar-refractivity contribution is 7.91. The molecule has 2 aromatic rings. The van der Waals surface area contributed by atoms with Gasteiger partial charge in [-0.15, -0.1) is 0 Å². The Morgan fingerprint density at radius 2 is 1.78 bits per heavy atom. The molecule has 0 heterocycles. The van der Waals surface area contributed by atoms with Gasteiger partial charge in [0.15, 0.2) is 9.84 Å². The molecule has 1 N–H and O–H groups in total. The van der Waals surface area contributed by atoms with E-state index < -0.39 is 9.84 Å². The second-order valence-electron chi connectivity index (χ2n) is 7.51. The molecule has 32 heavy (non-hydrogen) atoms. The van der Waals surface area contributed by atoms with Crippen LogP contribution in [-0.2, 0) is 21.1 Å². The maximum absolute atomic E-state index is 13.0. The van der Waals surface area contributed by atoms with Crippen LogP contribution in [-0.4, -0.2) is 45.2 Å². The molecule has 1 saturated carbocycles. The lowest BCUT2D eigenvalue weighted by Crippen LogP contribution is -2.39. The van der Waals surface area contributed by atoms with Crippen molar-refractivity contribution in [2.75, 3.05) is 19.5 Å². The predicted molar refractivity (Wildman–Crippen MR) is 127 cm³/mol. The fraction of sp³-hybridized carbons (Fsp3) is 0.391. The molecule has 0 bridgehead atoms. The quantitative estimate of drug-likeness (QED) is 0.546. The van der Waals surface area contributed by atoms with E-state index in [0.717, 1.165) is 37.7 Å². The topological polar surface area (TPSA) is 90.3 Å². The molecule has 1 fully saturated rings. The molecule has 2 aromatic carbocycles. The van der Waals surface area contributed by atoms with Gasteiger partial charge in [0.1, 0.15) is 5.88 Å². The second kappa shape index (κ2) is 12.8. The molecule has 0 aromatic heterocycles. The monoisotopic (exact) mass is 495 g/mol. The zero-order chi connectivity index (χ0) is 23.6. The van der Waals surface area contributed by atoms with Crippen LogP contribution in [0.2, 0.25) is 10.0 Å². The lowest BCUT2D eigenvalue weighted by atomic mass is 10.1. The molecule has 0 radical (unpaired) electrons. The minimum Gasteiger partial charge on any atom is -0.362 e. The first-order valence-electron chi connectivity index (χ1n) is 10.3. The first-order valence-corrected chi connectivity index (χ1v) is 12.7. The second-order valence-corrected chi connectivity index (χ2v) is 10.2. The van der Waals surface area contributed by atoms with Crippen LogP contribution < -0.4 is 5.32 Å². The molecule has 1 aliphatic carbocycles. The number of nitriles is 1. The van der Waals surface area contributed by atoms with Crippen molar-refractivity contribution in [3.8, 4) is 6.07 Å². The summed E-state index contributed by atoms with van der Waals surface area (Å²) in [6, 6.07) is 14.5. The Bertz CT molecular complexity index is 1030. The highest BCUT2D eigenvalue weighted by atomic mass is 35.5. The zero-order valence-electron chi connectivity index (χ0n) is 17.9. The largest absolute Gasteiger partial charge is 0.362 e. The minimum atomic E-state index is -3.60. The van der Waals surface area contributed by atoms with Crippen LogP contribution in [0.25, 0.3) is 0 Å². The molecule has 1 aliphatic rings. The number of nitrogens with zero attached hydrogens (tertiary/aromatic N) is 2. The van der Waals surface area contributed by atoms with Gasteiger partial charge < -0.3 is 5.32 Å². The number of benzene rings is 2. The van der Waals surface area contributed by atoms with Crippen molar-refractivity contribution in [1.29, 1.82) is 5.26 Å². The standard InChI is InChI=1S/C21H22Cl2N2O2S.C2H5NO/c22-19-6-3-7-20(21(19)23)28(26,27)15-25(18-4-1-2-5-18)13-12-16-8-10-17(14-24)11-9-16;1-3-2-4/h3,6-11,18H,1-2,4-5,12-13,15H2;2H,1H3,(H,3,4). The zero-order valence-corrected chi connectivity index (χ0v) is 20.3. The summed E-state index contributed by atoms with van der Waals surface area (Å²) in [5.41, 5.74) is 1.70. The summed E-state index contributed by atoms with van der Waals surface area (Å²) in [4.78, 5) is 11.2. The van der Waals surface area contributed by atoms with Crippen molar-refractivity contribution < 1.29 is 13.2 Å². The van der Waals surface area contributed by atoms with Crippen molar-refractivity contribution in [2.45, 2.75) is 43.0 Å². The Kier molecular flexibility index (Phi) is 10.5. The maximum atomic E-state index is 13.0. The van der Waals surface area contributed by atoms with E-state index in [1.165, 1.54) is 6.07 Å². The summed E-state index contributed by atoms with van der Waals surface area (Å²) >= 11 is 12.2. The smallest absolute Gasteiger partial charge is 0.206 e. The molecule has 0 spiro atoms.